The summed E-state index contributed by atoms with van der Waals surface area (Å²) in [6.07, 6.45) is 2.37. The number of thioether (sulfide) groups is 1. The minimum Gasteiger partial charge on any atom is -0.378 e. The van der Waals surface area contributed by atoms with E-state index in [2.05, 4.69) is 11.6 Å². The van der Waals surface area contributed by atoms with Crippen LogP contribution in [0, 0.1) is 0 Å². The molecule has 0 aliphatic heterocycles. The van der Waals surface area contributed by atoms with Gasteiger partial charge in [-0.25, -0.2) is 0 Å². The lowest BCUT2D eigenvalue weighted by molar-refractivity contribution is -0.128. The molecule has 1 N–H and O–H groups in total. The summed E-state index contributed by atoms with van der Waals surface area (Å²) in [5.74, 6) is 0.684. The smallest absolute Gasteiger partial charge is 0.227 e. The van der Waals surface area contributed by atoms with Crippen LogP contribution in [-0.4, -0.2) is 96.3 Å². The lowest BCUT2D eigenvalue weighted by Crippen LogP contribution is -2.29. The van der Waals surface area contributed by atoms with E-state index >= 15 is 0 Å². The molecular formula is C18H35NO7S. The van der Waals surface area contributed by atoms with Crippen LogP contribution in [-0.2, 0) is 33.3 Å². The van der Waals surface area contributed by atoms with Crippen LogP contribution in [0.15, 0.2) is 0 Å². The third-order valence-corrected chi connectivity index (χ3v) is 3.82. The zero-order chi connectivity index (χ0) is 20.0. The van der Waals surface area contributed by atoms with Gasteiger partial charge in [-0.2, -0.15) is 11.8 Å². The number of rotatable bonds is 21. The summed E-state index contributed by atoms with van der Waals surface area (Å²) in [5, 5.41) is 2.63. The zero-order valence-corrected chi connectivity index (χ0v) is 17.5. The molecule has 0 rings (SSSR count). The summed E-state index contributed by atoms with van der Waals surface area (Å²) in [7, 11) is 0. The molecule has 0 aromatic rings. The monoisotopic (exact) mass is 409 g/mol. The molecule has 9 heteroatoms. The summed E-state index contributed by atoms with van der Waals surface area (Å²) in [5.41, 5.74) is 0. The average Bonchev–Trinajstić information content (AvgIpc) is 2.66. The van der Waals surface area contributed by atoms with Crippen molar-refractivity contribution in [3.63, 3.8) is 0 Å². The molecule has 0 radical (unpaired) electrons. The highest BCUT2D eigenvalue weighted by Gasteiger charge is 2.06. The van der Waals surface area contributed by atoms with Gasteiger partial charge in [0, 0.05) is 18.7 Å². The molecule has 0 fully saturated rings. The number of amides is 1. The highest BCUT2D eigenvalue weighted by molar-refractivity contribution is 7.98. The summed E-state index contributed by atoms with van der Waals surface area (Å²) in [6, 6.07) is 0. The third-order valence-electron chi connectivity index (χ3n) is 3.24. The van der Waals surface area contributed by atoms with Crippen molar-refractivity contribution in [2.75, 3.05) is 84.6 Å². The second-order valence-electron chi connectivity index (χ2n) is 5.47. The van der Waals surface area contributed by atoms with Crippen molar-refractivity contribution in [3.8, 4) is 0 Å². The van der Waals surface area contributed by atoms with Crippen molar-refractivity contribution in [2.45, 2.75) is 19.8 Å². The lowest BCUT2D eigenvalue weighted by Gasteiger charge is -2.08. The summed E-state index contributed by atoms with van der Waals surface area (Å²) in [4.78, 5) is 22.4. The van der Waals surface area contributed by atoms with Crippen LogP contribution in [0.3, 0.4) is 0 Å². The van der Waals surface area contributed by atoms with Gasteiger partial charge in [0.25, 0.3) is 0 Å². The number of carbonyl (C=O) groups is 2. The summed E-state index contributed by atoms with van der Waals surface area (Å²) < 4.78 is 26.8. The Morgan fingerprint density at radius 1 is 0.741 bits per heavy atom. The molecular weight excluding hydrogens is 374 g/mol. The Morgan fingerprint density at radius 3 is 1.63 bits per heavy atom. The molecule has 0 heterocycles. The fourth-order valence-electron chi connectivity index (χ4n) is 1.75. The second-order valence-corrected chi connectivity index (χ2v) is 6.46. The third kappa shape index (κ3) is 21.4. The molecule has 8 nitrogen and oxygen atoms in total. The highest BCUT2D eigenvalue weighted by atomic mass is 32.2. The Balaban J connectivity index is 3.11. The molecule has 0 aromatic carbocycles. The Morgan fingerprint density at radius 2 is 1.19 bits per heavy atom. The van der Waals surface area contributed by atoms with Crippen LogP contribution in [0.2, 0.25) is 0 Å². The zero-order valence-electron chi connectivity index (χ0n) is 16.7. The maximum atomic E-state index is 11.3. The quantitative estimate of drug-likeness (QED) is 0.221. The van der Waals surface area contributed by atoms with Crippen molar-refractivity contribution in [1.29, 1.82) is 0 Å². The van der Waals surface area contributed by atoms with Crippen molar-refractivity contribution >= 4 is 23.5 Å². The first-order valence-corrected chi connectivity index (χ1v) is 10.8. The Labute approximate surface area is 167 Å². The van der Waals surface area contributed by atoms with Gasteiger partial charge in [-0.05, 0) is 6.26 Å². The van der Waals surface area contributed by atoms with Crippen molar-refractivity contribution in [1.82, 2.24) is 5.32 Å². The molecule has 0 saturated heterocycles. The number of carbonyl (C=O) groups excluding carboxylic acids is 2. The minimum absolute atomic E-state index is 0.0589. The van der Waals surface area contributed by atoms with Gasteiger partial charge in [0.15, 0.2) is 0 Å². The van der Waals surface area contributed by atoms with E-state index < -0.39 is 0 Å². The second kappa shape index (κ2) is 21.6. The van der Waals surface area contributed by atoms with Crippen LogP contribution in [0.4, 0.5) is 0 Å². The summed E-state index contributed by atoms with van der Waals surface area (Å²) in [6.45, 7) is 7.48. The van der Waals surface area contributed by atoms with Crippen LogP contribution in [0.5, 0.6) is 0 Å². The van der Waals surface area contributed by atoms with E-state index in [1.807, 2.05) is 0 Å². The highest BCUT2D eigenvalue weighted by Crippen LogP contribution is 1.90. The first-order valence-electron chi connectivity index (χ1n) is 9.36. The van der Waals surface area contributed by atoms with Gasteiger partial charge in [-0.1, -0.05) is 6.92 Å². The van der Waals surface area contributed by atoms with Gasteiger partial charge in [0.05, 0.1) is 72.5 Å². The van der Waals surface area contributed by atoms with E-state index in [0.29, 0.717) is 72.4 Å². The van der Waals surface area contributed by atoms with Crippen LogP contribution >= 0.6 is 11.8 Å². The lowest BCUT2D eigenvalue weighted by atomic mass is 10.2. The number of hydrogen-bond acceptors (Lipinski definition) is 8. The molecule has 0 aromatic heterocycles. The normalized spacial score (nSPS) is 10.9. The molecule has 0 saturated carbocycles. The van der Waals surface area contributed by atoms with Gasteiger partial charge in [0.1, 0.15) is 5.78 Å². The van der Waals surface area contributed by atoms with Gasteiger partial charge in [-0.3, -0.25) is 9.59 Å². The average molecular weight is 410 g/mol. The fourth-order valence-corrected chi connectivity index (χ4v) is 2.04. The number of ketones is 1. The molecule has 0 atom stereocenters. The minimum atomic E-state index is -0.258. The fraction of sp³-hybridized carbons (Fsp3) is 0.889. The Bertz CT molecular complexity index is 359. The van der Waals surface area contributed by atoms with E-state index in [-0.39, 0.29) is 18.1 Å². The van der Waals surface area contributed by atoms with E-state index in [4.69, 9.17) is 23.7 Å². The Hall–Kier alpha value is -0.710. The Kier molecular flexibility index (Phi) is 21.0. The van der Waals surface area contributed by atoms with Gasteiger partial charge in [0.2, 0.25) is 5.91 Å². The molecule has 0 aliphatic rings. The maximum absolute atomic E-state index is 11.3. The van der Waals surface area contributed by atoms with Gasteiger partial charge >= 0.3 is 0 Å². The van der Waals surface area contributed by atoms with E-state index in [1.165, 1.54) is 0 Å². The number of ether oxygens (including phenoxy) is 5. The van der Waals surface area contributed by atoms with Crippen molar-refractivity contribution in [2.24, 2.45) is 0 Å². The molecule has 0 aliphatic carbocycles. The maximum Gasteiger partial charge on any atom is 0.227 e. The van der Waals surface area contributed by atoms with Crippen LogP contribution < -0.4 is 5.32 Å². The van der Waals surface area contributed by atoms with E-state index in [9.17, 15) is 9.59 Å². The number of Topliss-reactive ketones (excluding diaryl/α,β-unsaturated/α-hetero) is 1. The molecule has 27 heavy (non-hydrogen) atoms. The van der Waals surface area contributed by atoms with E-state index in [0.717, 1.165) is 12.4 Å². The number of nitrogens with one attached hydrogen (secondary N) is 1. The first kappa shape index (κ1) is 26.3. The van der Waals surface area contributed by atoms with Crippen LogP contribution in [0.1, 0.15) is 19.8 Å². The predicted molar refractivity (Wildman–Crippen MR) is 105 cm³/mol. The van der Waals surface area contributed by atoms with E-state index in [1.54, 1.807) is 18.7 Å². The van der Waals surface area contributed by atoms with Crippen molar-refractivity contribution in [3.05, 3.63) is 0 Å². The van der Waals surface area contributed by atoms with Gasteiger partial charge in [-0.15, -0.1) is 0 Å². The van der Waals surface area contributed by atoms with Crippen LogP contribution in [0.25, 0.3) is 0 Å². The molecule has 1 amide bonds. The first-order chi connectivity index (χ1) is 13.2. The summed E-state index contributed by atoms with van der Waals surface area (Å²) >= 11 is 1.76. The molecule has 0 spiro atoms. The molecule has 0 unspecified atom stereocenters. The standard InChI is InChI=1S/C18H35NO7S/c1-3-17(20)16-18(21)19-4-5-22-6-7-23-8-9-24-10-11-25-12-13-26-14-15-27-2/h3-16H2,1-2H3,(H,19,21). The SMILES string of the molecule is CCC(=O)CC(=O)NCCOCCOCCOCCOCCOCCSC. The van der Waals surface area contributed by atoms with Crippen molar-refractivity contribution < 1.29 is 33.3 Å². The largest absolute Gasteiger partial charge is 0.378 e. The topological polar surface area (TPSA) is 92.3 Å². The predicted octanol–water partition coefficient (Wildman–Crippen LogP) is 0.918. The van der Waals surface area contributed by atoms with Gasteiger partial charge < -0.3 is 29.0 Å². The number of hydrogen-bond donors (Lipinski definition) is 1. The molecule has 0 bridgehead atoms. The molecule has 160 valence electrons.